The molecule has 0 saturated carbocycles. The van der Waals surface area contributed by atoms with E-state index >= 15 is 0 Å². The van der Waals surface area contributed by atoms with Crippen LogP contribution in [0.2, 0.25) is 0 Å². The predicted octanol–water partition coefficient (Wildman–Crippen LogP) is 4.09. The van der Waals surface area contributed by atoms with Crippen LogP contribution < -0.4 is 4.74 Å². The first-order chi connectivity index (χ1) is 8.22. The van der Waals surface area contributed by atoms with Crippen molar-refractivity contribution in [1.29, 1.82) is 0 Å². The number of carbonyl (C=O) groups excluding carboxylic acids is 1. The molecule has 17 heavy (non-hydrogen) atoms. The zero-order chi connectivity index (χ0) is 12.7. The highest BCUT2D eigenvalue weighted by atomic mass is 16.5. The first kappa shape index (κ1) is 13.8. The monoisotopic (exact) mass is 234 g/mol. The first-order valence-electron chi connectivity index (χ1n) is 6.41. The van der Waals surface area contributed by atoms with Crippen molar-refractivity contribution >= 4 is 5.78 Å². The lowest BCUT2D eigenvalue weighted by molar-refractivity contribution is 0.0908. The average molecular weight is 234 g/mol. The van der Waals surface area contributed by atoms with Gasteiger partial charge in [0.1, 0.15) is 5.75 Å². The van der Waals surface area contributed by atoms with Crippen LogP contribution in [-0.2, 0) is 0 Å². The van der Waals surface area contributed by atoms with E-state index in [4.69, 9.17) is 4.74 Å². The average Bonchev–Trinajstić information content (AvgIpc) is 2.39. The van der Waals surface area contributed by atoms with Gasteiger partial charge >= 0.3 is 0 Å². The van der Waals surface area contributed by atoms with Gasteiger partial charge in [-0.05, 0) is 37.1 Å². The van der Waals surface area contributed by atoms with E-state index in [1.165, 1.54) is 0 Å². The van der Waals surface area contributed by atoms with E-state index < -0.39 is 0 Å². The summed E-state index contributed by atoms with van der Waals surface area (Å²) < 4.78 is 5.09. The van der Waals surface area contributed by atoms with Gasteiger partial charge in [0, 0.05) is 11.5 Å². The molecule has 1 rings (SSSR count). The maximum absolute atomic E-state index is 12.2. The van der Waals surface area contributed by atoms with Gasteiger partial charge < -0.3 is 4.74 Å². The Morgan fingerprint density at radius 1 is 1.24 bits per heavy atom. The number of ether oxygens (including phenoxy) is 1. The van der Waals surface area contributed by atoms with Crippen molar-refractivity contribution in [3.05, 3.63) is 29.8 Å². The second-order valence-electron chi connectivity index (χ2n) is 4.34. The third-order valence-electron chi connectivity index (χ3n) is 3.14. The van der Waals surface area contributed by atoms with Crippen molar-refractivity contribution in [3.63, 3.8) is 0 Å². The topological polar surface area (TPSA) is 26.3 Å². The second-order valence-corrected chi connectivity index (χ2v) is 4.34. The van der Waals surface area contributed by atoms with E-state index in [0.29, 0.717) is 0 Å². The van der Waals surface area contributed by atoms with Crippen LogP contribution in [0.25, 0.3) is 0 Å². The van der Waals surface area contributed by atoms with E-state index in [1.807, 2.05) is 24.3 Å². The highest BCUT2D eigenvalue weighted by molar-refractivity contribution is 5.97. The van der Waals surface area contributed by atoms with Crippen LogP contribution in [0.15, 0.2) is 24.3 Å². The summed E-state index contributed by atoms with van der Waals surface area (Å²) in [6, 6.07) is 7.41. The summed E-state index contributed by atoms with van der Waals surface area (Å²) in [7, 11) is 1.63. The number of methoxy groups -OCH3 is 1. The molecule has 2 nitrogen and oxygen atoms in total. The summed E-state index contributed by atoms with van der Waals surface area (Å²) >= 11 is 0. The van der Waals surface area contributed by atoms with Crippen molar-refractivity contribution in [2.75, 3.05) is 7.11 Å². The summed E-state index contributed by atoms with van der Waals surface area (Å²) in [6.45, 7) is 4.24. The van der Waals surface area contributed by atoms with Crippen molar-refractivity contribution in [3.8, 4) is 5.75 Å². The summed E-state index contributed by atoms with van der Waals surface area (Å²) in [6.07, 6.45) is 4.19. The van der Waals surface area contributed by atoms with Crippen molar-refractivity contribution in [2.45, 2.75) is 39.5 Å². The third-order valence-corrected chi connectivity index (χ3v) is 3.14. The maximum Gasteiger partial charge on any atom is 0.165 e. The molecule has 2 heteroatoms. The fourth-order valence-electron chi connectivity index (χ4n) is 1.96. The summed E-state index contributed by atoms with van der Waals surface area (Å²) in [5.74, 6) is 1.23. The molecule has 94 valence electrons. The zero-order valence-corrected chi connectivity index (χ0v) is 11.0. The number of rotatable bonds is 7. The highest BCUT2D eigenvalue weighted by Crippen LogP contribution is 2.20. The molecule has 0 fully saturated rings. The molecule has 1 unspecified atom stereocenters. The van der Waals surface area contributed by atoms with Crippen molar-refractivity contribution in [2.24, 2.45) is 5.92 Å². The minimum atomic E-state index is 0.170. The fourth-order valence-corrected chi connectivity index (χ4v) is 1.96. The Kier molecular flexibility index (Phi) is 5.75. The van der Waals surface area contributed by atoms with Gasteiger partial charge in [0.2, 0.25) is 0 Å². The minimum absolute atomic E-state index is 0.170. The Morgan fingerprint density at radius 2 is 1.88 bits per heavy atom. The van der Waals surface area contributed by atoms with Gasteiger partial charge in [-0.15, -0.1) is 0 Å². The minimum Gasteiger partial charge on any atom is -0.497 e. The molecule has 0 aliphatic heterocycles. The van der Waals surface area contributed by atoms with Crippen LogP contribution in [-0.4, -0.2) is 12.9 Å². The SMILES string of the molecule is CCCCC(CC)C(=O)c1ccc(OC)cc1. The molecule has 0 N–H and O–H groups in total. The summed E-state index contributed by atoms with van der Waals surface area (Å²) in [5.41, 5.74) is 0.800. The summed E-state index contributed by atoms with van der Waals surface area (Å²) in [4.78, 5) is 12.2. The van der Waals surface area contributed by atoms with Crippen LogP contribution in [0.1, 0.15) is 49.9 Å². The number of hydrogen-bond donors (Lipinski definition) is 0. The molecule has 0 aromatic heterocycles. The number of Topliss-reactive ketones (excluding diaryl/α,β-unsaturated/α-hetero) is 1. The lowest BCUT2D eigenvalue weighted by Crippen LogP contribution is -2.13. The molecule has 0 aliphatic carbocycles. The van der Waals surface area contributed by atoms with Crippen LogP contribution >= 0.6 is 0 Å². The normalized spacial score (nSPS) is 12.2. The Hall–Kier alpha value is -1.31. The van der Waals surface area contributed by atoms with Gasteiger partial charge in [-0.25, -0.2) is 0 Å². The lowest BCUT2D eigenvalue weighted by atomic mass is 9.91. The van der Waals surface area contributed by atoms with Crippen LogP contribution in [0.3, 0.4) is 0 Å². The Balaban J connectivity index is 2.71. The molecular weight excluding hydrogens is 212 g/mol. The van der Waals surface area contributed by atoms with Gasteiger partial charge in [-0.1, -0.05) is 26.7 Å². The molecule has 0 heterocycles. The second kappa shape index (κ2) is 7.10. The van der Waals surface area contributed by atoms with Crippen molar-refractivity contribution in [1.82, 2.24) is 0 Å². The third kappa shape index (κ3) is 3.88. The molecule has 0 radical (unpaired) electrons. The van der Waals surface area contributed by atoms with Gasteiger partial charge in [0.05, 0.1) is 7.11 Å². The standard InChI is InChI=1S/C15H22O2/c1-4-6-7-12(5-2)15(16)13-8-10-14(17-3)11-9-13/h8-12H,4-7H2,1-3H3. The van der Waals surface area contributed by atoms with Crippen LogP contribution in [0.4, 0.5) is 0 Å². The quantitative estimate of drug-likeness (QED) is 0.664. The van der Waals surface area contributed by atoms with E-state index in [9.17, 15) is 4.79 Å². The molecule has 1 aromatic rings. The van der Waals surface area contributed by atoms with Crippen molar-refractivity contribution < 1.29 is 9.53 Å². The van der Waals surface area contributed by atoms with E-state index in [0.717, 1.165) is 37.0 Å². The zero-order valence-electron chi connectivity index (χ0n) is 11.0. The molecule has 0 aliphatic rings. The molecule has 1 aromatic carbocycles. The number of hydrogen-bond acceptors (Lipinski definition) is 2. The number of ketones is 1. The van der Waals surface area contributed by atoms with Gasteiger partial charge in [-0.3, -0.25) is 4.79 Å². The first-order valence-corrected chi connectivity index (χ1v) is 6.41. The molecule has 0 saturated heterocycles. The molecule has 0 bridgehead atoms. The Labute approximate surface area is 104 Å². The highest BCUT2D eigenvalue weighted by Gasteiger charge is 2.17. The van der Waals surface area contributed by atoms with Crippen LogP contribution in [0, 0.1) is 5.92 Å². The van der Waals surface area contributed by atoms with E-state index in [-0.39, 0.29) is 11.7 Å². The van der Waals surface area contributed by atoms with E-state index in [2.05, 4.69) is 13.8 Å². The largest absolute Gasteiger partial charge is 0.497 e. The fraction of sp³-hybridized carbons (Fsp3) is 0.533. The molecule has 0 amide bonds. The number of benzene rings is 1. The van der Waals surface area contributed by atoms with Gasteiger partial charge in [-0.2, -0.15) is 0 Å². The molecular formula is C15H22O2. The Morgan fingerprint density at radius 3 is 2.35 bits per heavy atom. The van der Waals surface area contributed by atoms with E-state index in [1.54, 1.807) is 7.11 Å². The Bertz CT molecular complexity index is 340. The van der Waals surface area contributed by atoms with Gasteiger partial charge in [0.15, 0.2) is 5.78 Å². The predicted molar refractivity (Wildman–Crippen MR) is 70.6 cm³/mol. The lowest BCUT2D eigenvalue weighted by Gasteiger charge is -2.13. The molecule has 1 atom stereocenters. The number of unbranched alkanes of at least 4 members (excludes halogenated alkanes) is 1. The molecule has 0 spiro atoms. The smallest absolute Gasteiger partial charge is 0.165 e. The summed E-state index contributed by atoms with van der Waals surface area (Å²) in [5, 5.41) is 0. The number of carbonyl (C=O) groups is 1. The maximum atomic E-state index is 12.2. The van der Waals surface area contributed by atoms with Gasteiger partial charge in [0.25, 0.3) is 0 Å². The van der Waals surface area contributed by atoms with Crippen LogP contribution in [0.5, 0.6) is 5.75 Å².